The number of benzene rings is 1. The van der Waals surface area contributed by atoms with Crippen molar-refractivity contribution in [3.63, 3.8) is 0 Å². The van der Waals surface area contributed by atoms with Crippen molar-refractivity contribution in [2.75, 3.05) is 46.1 Å². The number of morpholine rings is 1. The van der Waals surface area contributed by atoms with Crippen LogP contribution in [0, 0.1) is 0 Å². The average molecular weight is 398 g/mol. The lowest BCUT2D eigenvalue weighted by Gasteiger charge is -2.26. The first kappa shape index (κ1) is 17.3. The number of furan rings is 1. The molecule has 0 spiro atoms. The Kier molecular flexibility index (Phi) is 5.76. The van der Waals surface area contributed by atoms with E-state index in [1.165, 1.54) is 6.26 Å². The third-order valence-electron chi connectivity index (χ3n) is 3.87. The Hall–Kier alpha value is -1.57. The molecular formula is C17H20BrNO5. The highest BCUT2D eigenvalue weighted by Crippen LogP contribution is 2.34. The van der Waals surface area contributed by atoms with E-state index in [0.29, 0.717) is 35.5 Å². The Morgan fingerprint density at radius 1 is 1.33 bits per heavy atom. The molecule has 1 saturated heterocycles. The van der Waals surface area contributed by atoms with Gasteiger partial charge in [0.1, 0.15) is 18.4 Å². The number of carbonyl (C=O) groups excluding carboxylic acids is 1. The average Bonchev–Trinajstić information content (AvgIpc) is 3.00. The van der Waals surface area contributed by atoms with Gasteiger partial charge in [-0.05, 0) is 19.1 Å². The lowest BCUT2D eigenvalue weighted by atomic mass is 10.1. The maximum absolute atomic E-state index is 12.0. The molecule has 0 atom stereocenters. The molecule has 130 valence electrons. The Morgan fingerprint density at radius 2 is 2.12 bits per heavy atom. The molecule has 0 aliphatic carbocycles. The molecule has 1 aliphatic rings. The maximum atomic E-state index is 12.0. The molecule has 7 heteroatoms. The van der Waals surface area contributed by atoms with Gasteiger partial charge in [-0.25, -0.2) is 4.79 Å². The van der Waals surface area contributed by atoms with E-state index in [1.807, 2.05) is 12.1 Å². The highest BCUT2D eigenvalue weighted by Gasteiger charge is 2.19. The molecule has 1 aromatic heterocycles. The summed E-state index contributed by atoms with van der Waals surface area (Å²) < 4.78 is 22.7. The molecule has 1 aromatic carbocycles. The van der Waals surface area contributed by atoms with Crippen molar-refractivity contribution in [3.8, 4) is 5.75 Å². The number of ether oxygens (including phenoxy) is 3. The molecule has 2 heterocycles. The summed E-state index contributed by atoms with van der Waals surface area (Å²) in [4.78, 5) is 14.3. The normalized spacial score (nSPS) is 15.6. The third kappa shape index (κ3) is 3.91. The number of hydrogen-bond donors (Lipinski definition) is 0. The van der Waals surface area contributed by atoms with Gasteiger partial charge in [0.25, 0.3) is 0 Å². The first-order valence-electron chi connectivity index (χ1n) is 8.00. The van der Waals surface area contributed by atoms with E-state index in [0.717, 1.165) is 37.3 Å². The molecule has 6 nitrogen and oxygen atoms in total. The monoisotopic (exact) mass is 397 g/mol. The van der Waals surface area contributed by atoms with Crippen LogP contribution >= 0.6 is 15.9 Å². The lowest BCUT2D eigenvalue weighted by molar-refractivity contribution is 0.0323. The number of rotatable bonds is 6. The zero-order valence-corrected chi connectivity index (χ0v) is 15.1. The second kappa shape index (κ2) is 8.00. The van der Waals surface area contributed by atoms with E-state index in [4.69, 9.17) is 18.6 Å². The number of esters is 1. The summed E-state index contributed by atoms with van der Waals surface area (Å²) in [7, 11) is 0. The molecule has 2 aromatic rings. The van der Waals surface area contributed by atoms with Crippen LogP contribution in [-0.4, -0.2) is 56.9 Å². The summed E-state index contributed by atoms with van der Waals surface area (Å²) in [5.41, 5.74) is 0.967. The van der Waals surface area contributed by atoms with Gasteiger partial charge < -0.3 is 18.6 Å². The number of carbonyl (C=O) groups is 1. The van der Waals surface area contributed by atoms with Crippen LogP contribution in [0.2, 0.25) is 0 Å². The van der Waals surface area contributed by atoms with E-state index >= 15 is 0 Å². The van der Waals surface area contributed by atoms with Gasteiger partial charge in [0.15, 0.2) is 11.3 Å². The predicted octanol–water partition coefficient (Wildman–Crippen LogP) is 3.08. The number of hydrogen-bond acceptors (Lipinski definition) is 6. The second-order valence-corrected chi connectivity index (χ2v) is 6.37. The summed E-state index contributed by atoms with van der Waals surface area (Å²) in [6.07, 6.45) is 1.42. The van der Waals surface area contributed by atoms with Crippen LogP contribution in [0.3, 0.4) is 0 Å². The van der Waals surface area contributed by atoms with Crippen LogP contribution in [0.4, 0.5) is 0 Å². The summed E-state index contributed by atoms with van der Waals surface area (Å²) in [5, 5.41) is 0.684. The van der Waals surface area contributed by atoms with Crippen molar-refractivity contribution in [1.29, 1.82) is 0 Å². The molecule has 0 amide bonds. The largest absolute Gasteiger partial charge is 0.488 e. The van der Waals surface area contributed by atoms with Crippen molar-refractivity contribution in [2.45, 2.75) is 6.92 Å². The fourth-order valence-electron chi connectivity index (χ4n) is 2.66. The first-order chi connectivity index (χ1) is 11.7. The minimum absolute atomic E-state index is 0.322. The Morgan fingerprint density at radius 3 is 2.88 bits per heavy atom. The van der Waals surface area contributed by atoms with Gasteiger partial charge in [-0.15, -0.1) is 0 Å². The predicted molar refractivity (Wildman–Crippen MR) is 92.6 cm³/mol. The molecule has 24 heavy (non-hydrogen) atoms. The Bertz CT molecular complexity index is 708. The number of halogens is 1. The van der Waals surface area contributed by atoms with Crippen molar-refractivity contribution >= 4 is 32.9 Å². The number of fused-ring (bicyclic) bond motifs is 1. The van der Waals surface area contributed by atoms with Gasteiger partial charge in [0, 0.05) is 29.5 Å². The van der Waals surface area contributed by atoms with Crippen LogP contribution in [0.25, 0.3) is 11.0 Å². The molecule has 1 aliphatic heterocycles. The topological polar surface area (TPSA) is 61.1 Å². The van der Waals surface area contributed by atoms with Crippen molar-refractivity contribution in [3.05, 3.63) is 28.4 Å². The Balaban J connectivity index is 1.74. The van der Waals surface area contributed by atoms with Gasteiger partial charge >= 0.3 is 5.97 Å². The molecule has 0 radical (unpaired) electrons. The molecule has 1 fully saturated rings. The fourth-order valence-corrected chi connectivity index (χ4v) is 3.09. The molecular weight excluding hydrogens is 378 g/mol. The summed E-state index contributed by atoms with van der Waals surface area (Å²) in [5.74, 6) is 0.219. The molecule has 0 bridgehead atoms. The van der Waals surface area contributed by atoms with Crippen molar-refractivity contribution < 1.29 is 23.4 Å². The smallest absolute Gasteiger partial charge is 0.342 e. The highest BCUT2D eigenvalue weighted by atomic mass is 79.9. The van der Waals surface area contributed by atoms with Crippen LogP contribution in [-0.2, 0) is 9.47 Å². The fraction of sp³-hybridized carbons (Fsp3) is 0.471. The van der Waals surface area contributed by atoms with E-state index < -0.39 is 5.97 Å². The molecule has 3 rings (SSSR count). The van der Waals surface area contributed by atoms with Crippen LogP contribution in [0.15, 0.2) is 27.3 Å². The van der Waals surface area contributed by atoms with Gasteiger partial charge in [0.05, 0.1) is 19.8 Å². The standard InChI is InChI=1S/C17H20BrNO5/c1-2-22-17(20)14-11-24-16-13(14)9-12(18)10-15(16)23-8-5-19-3-6-21-7-4-19/h9-11H,2-8H2,1H3. The maximum Gasteiger partial charge on any atom is 0.342 e. The van der Waals surface area contributed by atoms with Gasteiger partial charge in [-0.1, -0.05) is 15.9 Å². The second-order valence-electron chi connectivity index (χ2n) is 5.45. The quantitative estimate of drug-likeness (QED) is 0.697. The van der Waals surface area contributed by atoms with Gasteiger partial charge in [-0.2, -0.15) is 0 Å². The van der Waals surface area contributed by atoms with E-state index in [1.54, 1.807) is 6.92 Å². The van der Waals surface area contributed by atoms with Crippen molar-refractivity contribution in [2.24, 2.45) is 0 Å². The molecule has 0 unspecified atom stereocenters. The SMILES string of the molecule is CCOC(=O)c1coc2c(OCCN3CCOCC3)cc(Br)cc12. The summed E-state index contributed by atoms with van der Waals surface area (Å²) in [6.45, 7) is 6.84. The minimum Gasteiger partial charge on any atom is -0.488 e. The first-order valence-corrected chi connectivity index (χ1v) is 8.79. The molecule has 0 N–H and O–H groups in total. The van der Waals surface area contributed by atoms with E-state index in [9.17, 15) is 4.79 Å². The van der Waals surface area contributed by atoms with Crippen LogP contribution < -0.4 is 4.74 Å². The van der Waals surface area contributed by atoms with Crippen molar-refractivity contribution in [1.82, 2.24) is 4.90 Å². The van der Waals surface area contributed by atoms with Crippen LogP contribution in [0.5, 0.6) is 5.75 Å². The van der Waals surface area contributed by atoms with Crippen LogP contribution in [0.1, 0.15) is 17.3 Å². The zero-order valence-electron chi connectivity index (χ0n) is 13.5. The molecule has 0 saturated carbocycles. The lowest BCUT2D eigenvalue weighted by Crippen LogP contribution is -2.38. The summed E-state index contributed by atoms with van der Waals surface area (Å²) in [6, 6.07) is 3.68. The van der Waals surface area contributed by atoms with Gasteiger partial charge in [-0.3, -0.25) is 4.90 Å². The Labute approximate surface area is 148 Å². The highest BCUT2D eigenvalue weighted by molar-refractivity contribution is 9.10. The van der Waals surface area contributed by atoms with E-state index in [-0.39, 0.29) is 0 Å². The van der Waals surface area contributed by atoms with E-state index in [2.05, 4.69) is 20.8 Å². The summed E-state index contributed by atoms with van der Waals surface area (Å²) >= 11 is 3.46. The van der Waals surface area contributed by atoms with Gasteiger partial charge in [0.2, 0.25) is 0 Å². The zero-order chi connectivity index (χ0) is 16.9. The third-order valence-corrected chi connectivity index (χ3v) is 4.33. The minimum atomic E-state index is -0.395. The number of nitrogens with zero attached hydrogens (tertiary/aromatic N) is 1.